The van der Waals surface area contributed by atoms with Crippen LogP contribution in [0.2, 0.25) is 0 Å². The first-order valence-electron chi connectivity index (χ1n) is 10.9. The molecule has 3 rings (SSSR count). The number of halogens is 3. The van der Waals surface area contributed by atoms with E-state index in [0.29, 0.717) is 22.6 Å². The maximum Gasteiger partial charge on any atom is 0.416 e. The molecule has 0 radical (unpaired) electrons. The van der Waals surface area contributed by atoms with Gasteiger partial charge in [-0.2, -0.15) is 13.2 Å². The Balaban J connectivity index is 1.84. The molecule has 0 heterocycles. The van der Waals surface area contributed by atoms with Crippen molar-refractivity contribution in [3.63, 3.8) is 0 Å². The molecular formula is C29H25F3O4. The van der Waals surface area contributed by atoms with Crippen molar-refractivity contribution in [2.75, 3.05) is 21.3 Å². The van der Waals surface area contributed by atoms with Crippen molar-refractivity contribution in [2.24, 2.45) is 0 Å². The van der Waals surface area contributed by atoms with Crippen LogP contribution in [0.25, 0.3) is 24.3 Å². The first kappa shape index (κ1) is 26.3. The van der Waals surface area contributed by atoms with Crippen LogP contribution in [0.3, 0.4) is 0 Å². The van der Waals surface area contributed by atoms with Crippen LogP contribution in [0.5, 0.6) is 17.2 Å². The third kappa shape index (κ3) is 7.12. The fourth-order valence-electron chi connectivity index (χ4n) is 3.31. The first-order valence-corrected chi connectivity index (χ1v) is 10.9. The molecule has 0 atom stereocenters. The molecule has 7 heteroatoms. The van der Waals surface area contributed by atoms with Crippen LogP contribution < -0.4 is 14.2 Å². The maximum atomic E-state index is 12.7. The van der Waals surface area contributed by atoms with Crippen molar-refractivity contribution in [2.45, 2.75) is 6.18 Å². The SMILES string of the molecule is COc1ccc(/C=C/c2cc(OC)cc(OC)c2/C=C/C(=O)/C=C/c2ccc(C(F)(F)F)cc2)cc1. The van der Waals surface area contributed by atoms with E-state index in [9.17, 15) is 18.0 Å². The predicted octanol–water partition coefficient (Wildman–Crippen LogP) is 7.20. The van der Waals surface area contributed by atoms with Crippen molar-refractivity contribution < 1.29 is 32.2 Å². The van der Waals surface area contributed by atoms with Crippen molar-refractivity contribution in [1.29, 1.82) is 0 Å². The van der Waals surface area contributed by atoms with E-state index < -0.39 is 11.7 Å². The summed E-state index contributed by atoms with van der Waals surface area (Å²) in [5, 5.41) is 0. The molecule has 0 aliphatic carbocycles. The van der Waals surface area contributed by atoms with Gasteiger partial charge in [0.05, 0.1) is 26.9 Å². The summed E-state index contributed by atoms with van der Waals surface area (Å²) in [6, 6.07) is 15.7. The minimum Gasteiger partial charge on any atom is -0.497 e. The monoisotopic (exact) mass is 494 g/mol. The van der Waals surface area contributed by atoms with Gasteiger partial charge in [-0.25, -0.2) is 0 Å². The summed E-state index contributed by atoms with van der Waals surface area (Å²) in [7, 11) is 4.68. The molecule has 0 spiro atoms. The average Bonchev–Trinajstić information content (AvgIpc) is 2.89. The van der Waals surface area contributed by atoms with Crippen molar-refractivity contribution in [3.8, 4) is 17.2 Å². The normalized spacial score (nSPS) is 11.9. The number of ketones is 1. The van der Waals surface area contributed by atoms with Crippen LogP contribution in [0.4, 0.5) is 13.2 Å². The second kappa shape index (κ2) is 11.9. The highest BCUT2D eigenvalue weighted by atomic mass is 19.4. The van der Waals surface area contributed by atoms with Gasteiger partial charge < -0.3 is 14.2 Å². The highest BCUT2D eigenvalue weighted by Gasteiger charge is 2.29. The zero-order valence-electron chi connectivity index (χ0n) is 20.0. The molecule has 0 fully saturated rings. The molecule has 0 amide bonds. The second-order valence-electron chi connectivity index (χ2n) is 7.63. The molecule has 0 aliphatic rings. The van der Waals surface area contributed by atoms with E-state index in [-0.39, 0.29) is 5.78 Å². The van der Waals surface area contributed by atoms with Gasteiger partial charge in [0.1, 0.15) is 17.2 Å². The molecule has 186 valence electrons. The number of allylic oxidation sites excluding steroid dienone is 2. The number of benzene rings is 3. The molecular weight excluding hydrogens is 469 g/mol. The quantitative estimate of drug-likeness (QED) is 0.233. The number of hydrogen-bond acceptors (Lipinski definition) is 4. The fourth-order valence-corrected chi connectivity index (χ4v) is 3.31. The molecule has 36 heavy (non-hydrogen) atoms. The highest BCUT2D eigenvalue weighted by Crippen LogP contribution is 2.32. The number of carbonyl (C=O) groups excluding carboxylic acids is 1. The van der Waals surface area contributed by atoms with Gasteiger partial charge in [-0.1, -0.05) is 42.5 Å². The average molecular weight is 495 g/mol. The summed E-state index contributed by atoms with van der Waals surface area (Å²) >= 11 is 0. The predicted molar refractivity (Wildman–Crippen MR) is 136 cm³/mol. The van der Waals surface area contributed by atoms with Gasteiger partial charge in [-0.3, -0.25) is 4.79 Å². The summed E-state index contributed by atoms with van der Waals surface area (Å²) in [5.74, 6) is 1.52. The van der Waals surface area contributed by atoms with Crippen LogP contribution in [0.1, 0.15) is 27.8 Å². The van der Waals surface area contributed by atoms with Gasteiger partial charge in [0, 0.05) is 11.6 Å². The molecule has 3 aromatic rings. The summed E-state index contributed by atoms with van der Waals surface area (Å²) in [5.41, 5.74) is 2.11. The number of methoxy groups -OCH3 is 3. The molecule has 0 aromatic heterocycles. The number of ether oxygens (including phenoxy) is 3. The minimum absolute atomic E-state index is 0.335. The van der Waals surface area contributed by atoms with Gasteiger partial charge >= 0.3 is 6.18 Å². The Morgan fingerprint density at radius 1 is 0.694 bits per heavy atom. The van der Waals surface area contributed by atoms with Gasteiger partial charge in [0.15, 0.2) is 5.78 Å². The van der Waals surface area contributed by atoms with E-state index in [4.69, 9.17) is 14.2 Å². The van der Waals surface area contributed by atoms with Crippen LogP contribution in [-0.4, -0.2) is 27.1 Å². The van der Waals surface area contributed by atoms with Gasteiger partial charge in [-0.05, 0) is 65.3 Å². The second-order valence-corrected chi connectivity index (χ2v) is 7.63. The smallest absolute Gasteiger partial charge is 0.416 e. The van der Waals surface area contributed by atoms with Crippen molar-refractivity contribution in [1.82, 2.24) is 0 Å². The van der Waals surface area contributed by atoms with Crippen LogP contribution in [-0.2, 0) is 11.0 Å². The molecule has 3 aromatic carbocycles. The maximum absolute atomic E-state index is 12.7. The topological polar surface area (TPSA) is 44.8 Å². The number of hydrogen-bond donors (Lipinski definition) is 0. The Morgan fingerprint density at radius 3 is 1.86 bits per heavy atom. The summed E-state index contributed by atoms with van der Waals surface area (Å²) in [6.45, 7) is 0. The lowest BCUT2D eigenvalue weighted by Gasteiger charge is -2.11. The van der Waals surface area contributed by atoms with Gasteiger partial charge in [0.2, 0.25) is 0 Å². The van der Waals surface area contributed by atoms with Crippen LogP contribution in [0, 0.1) is 0 Å². The number of carbonyl (C=O) groups is 1. The molecule has 4 nitrogen and oxygen atoms in total. The Labute approximate surface area is 207 Å². The lowest BCUT2D eigenvalue weighted by Crippen LogP contribution is -2.03. The van der Waals surface area contributed by atoms with Gasteiger partial charge in [-0.15, -0.1) is 0 Å². The zero-order chi connectivity index (χ0) is 26.1. The van der Waals surface area contributed by atoms with E-state index in [1.165, 1.54) is 37.5 Å². The number of alkyl halides is 3. The number of rotatable bonds is 9. The molecule has 0 saturated heterocycles. The standard InChI is InChI=1S/C29H25F3O4/c1-34-25-15-8-20(9-16-25)4-10-22-18-26(35-2)19-28(36-3)27(22)17-14-24(33)13-7-21-5-11-23(12-6-21)29(30,31)32/h4-19H,1-3H3/b10-4+,13-7+,17-14+. The summed E-state index contributed by atoms with van der Waals surface area (Å²) in [4.78, 5) is 12.4. The first-order chi connectivity index (χ1) is 17.2. The highest BCUT2D eigenvalue weighted by molar-refractivity contribution is 6.05. The van der Waals surface area contributed by atoms with E-state index in [1.54, 1.807) is 26.4 Å². The molecule has 0 saturated carbocycles. The van der Waals surface area contributed by atoms with Crippen LogP contribution >= 0.6 is 0 Å². The Hall–Kier alpha value is -4.26. The van der Waals surface area contributed by atoms with E-state index in [0.717, 1.165) is 29.0 Å². The van der Waals surface area contributed by atoms with Gasteiger partial charge in [0.25, 0.3) is 0 Å². The van der Waals surface area contributed by atoms with Crippen molar-refractivity contribution in [3.05, 3.63) is 101 Å². The third-order valence-corrected chi connectivity index (χ3v) is 5.27. The van der Waals surface area contributed by atoms with E-state index >= 15 is 0 Å². The molecule has 0 unspecified atom stereocenters. The lowest BCUT2D eigenvalue weighted by molar-refractivity contribution is -0.137. The third-order valence-electron chi connectivity index (χ3n) is 5.27. The Morgan fingerprint density at radius 2 is 1.28 bits per heavy atom. The molecule has 0 N–H and O–H groups in total. The zero-order valence-corrected chi connectivity index (χ0v) is 20.0. The van der Waals surface area contributed by atoms with E-state index in [2.05, 4.69) is 0 Å². The van der Waals surface area contributed by atoms with Crippen LogP contribution in [0.15, 0.2) is 72.8 Å². The summed E-state index contributed by atoms with van der Waals surface area (Å²) < 4.78 is 54.2. The largest absolute Gasteiger partial charge is 0.497 e. The molecule has 0 aliphatic heterocycles. The minimum atomic E-state index is -4.41. The lowest BCUT2D eigenvalue weighted by atomic mass is 10.0. The Bertz CT molecular complexity index is 1270. The summed E-state index contributed by atoms with van der Waals surface area (Å²) in [6.07, 6.45) is 5.15. The molecule has 0 bridgehead atoms. The van der Waals surface area contributed by atoms with E-state index in [1.807, 2.05) is 42.5 Å². The Kier molecular flexibility index (Phi) is 8.73. The van der Waals surface area contributed by atoms with Crippen molar-refractivity contribution >= 4 is 30.1 Å². The fraction of sp³-hybridized carbons (Fsp3) is 0.138.